The van der Waals surface area contributed by atoms with E-state index in [2.05, 4.69) is 13.0 Å². The molecule has 0 saturated heterocycles. The van der Waals surface area contributed by atoms with Crippen molar-refractivity contribution in [2.45, 2.75) is 51.9 Å². The minimum absolute atomic E-state index is 0.720. The smallest absolute Gasteiger partial charge is 0.0315 e. The maximum absolute atomic E-state index is 2.50. The van der Waals surface area contributed by atoms with Gasteiger partial charge in [-0.1, -0.05) is 18.6 Å². The Kier molecular flexibility index (Phi) is 1.78. The highest BCUT2D eigenvalue weighted by Crippen LogP contribution is 2.43. The molecule has 0 heteroatoms. The molecule has 0 amide bonds. The molecule has 3 aliphatic carbocycles. The number of hydrogen-bond donors (Lipinski definition) is 0. The molecule has 0 aromatic carbocycles. The Morgan fingerprint density at radius 2 is 1.91 bits per heavy atom. The van der Waals surface area contributed by atoms with Gasteiger partial charge >= 0.3 is 0 Å². The second-order valence-electron chi connectivity index (χ2n) is 4.57. The number of fused-ring (bicyclic) bond motifs is 5. The van der Waals surface area contributed by atoms with Crippen LogP contribution < -0.4 is 0 Å². The molecule has 62 valence electrons. The molecule has 1 fully saturated rings. The number of allylic oxidation sites excluding steroid dienone is 2. The van der Waals surface area contributed by atoms with E-state index >= 15 is 0 Å². The van der Waals surface area contributed by atoms with Gasteiger partial charge < -0.3 is 0 Å². The van der Waals surface area contributed by atoms with Gasteiger partial charge in [-0.15, -0.1) is 0 Å². The van der Waals surface area contributed by atoms with Crippen molar-refractivity contribution in [3.05, 3.63) is 11.6 Å². The third-order valence-electron chi connectivity index (χ3n) is 3.52. The average Bonchev–Trinajstić information content (AvgIpc) is 1.96. The fourth-order valence-corrected chi connectivity index (χ4v) is 2.46. The zero-order valence-electron chi connectivity index (χ0n) is 7.53. The summed E-state index contributed by atoms with van der Waals surface area (Å²) < 4.78 is 0. The van der Waals surface area contributed by atoms with Crippen molar-refractivity contribution in [1.29, 1.82) is 0 Å². The Labute approximate surface area is 69.7 Å². The molecule has 0 nitrogen and oxygen atoms in total. The van der Waals surface area contributed by atoms with E-state index in [1.54, 1.807) is 5.57 Å². The van der Waals surface area contributed by atoms with Crippen LogP contribution >= 0.6 is 0 Å². The van der Waals surface area contributed by atoms with Gasteiger partial charge in [0.05, 0.1) is 0 Å². The molecule has 0 radical (unpaired) electrons. The predicted octanol–water partition coefficient (Wildman–Crippen LogP) is 3.68. The lowest BCUT2D eigenvalue weighted by Gasteiger charge is -2.36. The first-order valence-corrected chi connectivity index (χ1v) is 4.96. The van der Waals surface area contributed by atoms with Crippen LogP contribution in [0, 0.1) is 5.41 Å². The van der Waals surface area contributed by atoms with Gasteiger partial charge in [0.25, 0.3) is 0 Å². The lowest BCUT2D eigenvalue weighted by atomic mass is 9.69. The van der Waals surface area contributed by atoms with Gasteiger partial charge in [-0.2, -0.15) is 0 Å². The first kappa shape index (κ1) is 7.39. The van der Waals surface area contributed by atoms with Gasteiger partial charge in [0.15, 0.2) is 0 Å². The van der Waals surface area contributed by atoms with Gasteiger partial charge in [-0.25, -0.2) is 0 Å². The van der Waals surface area contributed by atoms with Crippen LogP contribution in [0.4, 0.5) is 0 Å². The van der Waals surface area contributed by atoms with Crippen molar-refractivity contribution in [2.75, 3.05) is 0 Å². The summed E-state index contributed by atoms with van der Waals surface area (Å²) in [6.07, 6.45) is 12.5. The highest BCUT2D eigenvalue weighted by molar-refractivity contribution is 5.08. The molecule has 0 unspecified atom stereocenters. The molecule has 0 aromatic rings. The standard InChI is InChI=1S/C11H18/c1-11-7-3-2-4-10(5-8-11)6-9-11/h4H,2-3,5-9H2,1H3. The Morgan fingerprint density at radius 3 is 2.64 bits per heavy atom. The van der Waals surface area contributed by atoms with E-state index in [4.69, 9.17) is 0 Å². The van der Waals surface area contributed by atoms with Crippen LogP contribution in [0.2, 0.25) is 0 Å². The van der Waals surface area contributed by atoms with E-state index < -0.39 is 0 Å². The fourth-order valence-electron chi connectivity index (χ4n) is 2.46. The van der Waals surface area contributed by atoms with Gasteiger partial charge in [0.1, 0.15) is 0 Å². The molecule has 0 atom stereocenters. The number of rotatable bonds is 0. The lowest BCUT2D eigenvalue weighted by molar-refractivity contribution is 0.215. The van der Waals surface area contributed by atoms with Gasteiger partial charge in [0, 0.05) is 0 Å². The molecule has 11 heavy (non-hydrogen) atoms. The van der Waals surface area contributed by atoms with Crippen molar-refractivity contribution < 1.29 is 0 Å². The molecule has 1 saturated carbocycles. The first-order valence-electron chi connectivity index (χ1n) is 4.96. The van der Waals surface area contributed by atoms with Gasteiger partial charge in [0.2, 0.25) is 0 Å². The van der Waals surface area contributed by atoms with E-state index in [1.165, 1.54) is 44.9 Å². The number of hydrogen-bond acceptors (Lipinski definition) is 0. The first-order chi connectivity index (χ1) is 5.29. The van der Waals surface area contributed by atoms with Crippen molar-refractivity contribution >= 4 is 0 Å². The van der Waals surface area contributed by atoms with Crippen LogP contribution in [-0.2, 0) is 0 Å². The van der Waals surface area contributed by atoms with Gasteiger partial charge in [-0.05, 0) is 50.4 Å². The van der Waals surface area contributed by atoms with Crippen LogP contribution in [0.5, 0.6) is 0 Å². The zero-order valence-corrected chi connectivity index (χ0v) is 7.53. The predicted molar refractivity (Wildman–Crippen MR) is 48.5 cm³/mol. The maximum atomic E-state index is 2.50. The molecular formula is C11H18. The van der Waals surface area contributed by atoms with Crippen molar-refractivity contribution in [2.24, 2.45) is 5.41 Å². The van der Waals surface area contributed by atoms with E-state index in [-0.39, 0.29) is 0 Å². The third kappa shape index (κ3) is 1.50. The van der Waals surface area contributed by atoms with E-state index in [0.29, 0.717) is 0 Å². The summed E-state index contributed by atoms with van der Waals surface area (Å²) in [6, 6.07) is 0. The van der Waals surface area contributed by atoms with E-state index in [9.17, 15) is 0 Å². The molecule has 2 bridgehead atoms. The molecule has 3 rings (SSSR count). The monoisotopic (exact) mass is 150 g/mol. The molecule has 0 spiro atoms. The zero-order chi connectivity index (χ0) is 7.73. The topological polar surface area (TPSA) is 0 Å². The largest absolute Gasteiger partial charge is 0.0853 e. The highest BCUT2D eigenvalue weighted by Gasteiger charge is 2.28. The van der Waals surface area contributed by atoms with Crippen LogP contribution in [-0.4, -0.2) is 0 Å². The minimum Gasteiger partial charge on any atom is -0.0853 e. The van der Waals surface area contributed by atoms with Crippen LogP contribution in [0.1, 0.15) is 51.9 Å². The summed E-state index contributed by atoms with van der Waals surface area (Å²) in [5.41, 5.74) is 2.47. The summed E-state index contributed by atoms with van der Waals surface area (Å²) in [4.78, 5) is 0. The molecule has 0 heterocycles. The molecule has 0 N–H and O–H groups in total. The second-order valence-corrected chi connectivity index (χ2v) is 4.57. The summed E-state index contributed by atoms with van der Waals surface area (Å²) in [7, 11) is 0. The second kappa shape index (κ2) is 2.66. The van der Waals surface area contributed by atoms with E-state index in [0.717, 1.165) is 5.41 Å². The molecule has 0 aromatic heterocycles. The van der Waals surface area contributed by atoms with Crippen molar-refractivity contribution in [1.82, 2.24) is 0 Å². The average molecular weight is 150 g/mol. The van der Waals surface area contributed by atoms with Crippen LogP contribution in [0.25, 0.3) is 0 Å². The Balaban J connectivity index is 2.16. The lowest BCUT2D eigenvalue weighted by Crippen LogP contribution is -2.22. The third-order valence-corrected chi connectivity index (χ3v) is 3.52. The van der Waals surface area contributed by atoms with Crippen molar-refractivity contribution in [3.8, 4) is 0 Å². The van der Waals surface area contributed by atoms with Crippen LogP contribution in [0.3, 0.4) is 0 Å². The summed E-state index contributed by atoms with van der Waals surface area (Å²) in [5, 5.41) is 0. The highest BCUT2D eigenvalue weighted by atomic mass is 14.3. The molecule has 0 aliphatic heterocycles. The minimum atomic E-state index is 0.720. The Morgan fingerprint density at radius 1 is 1.18 bits per heavy atom. The summed E-state index contributed by atoms with van der Waals surface area (Å²) in [5.74, 6) is 0. The van der Waals surface area contributed by atoms with Crippen LogP contribution in [0.15, 0.2) is 11.6 Å². The van der Waals surface area contributed by atoms with E-state index in [1.807, 2.05) is 0 Å². The van der Waals surface area contributed by atoms with Gasteiger partial charge in [-0.3, -0.25) is 0 Å². The normalized spacial score (nSPS) is 37.7. The quantitative estimate of drug-likeness (QED) is 0.462. The summed E-state index contributed by atoms with van der Waals surface area (Å²) >= 11 is 0. The molecular weight excluding hydrogens is 132 g/mol. The molecule has 3 aliphatic rings. The summed E-state index contributed by atoms with van der Waals surface area (Å²) in [6.45, 7) is 2.48. The van der Waals surface area contributed by atoms with Crippen molar-refractivity contribution in [3.63, 3.8) is 0 Å². The SMILES string of the molecule is CC12CCCC=C(CC1)CC2. The Hall–Kier alpha value is -0.260. The fraction of sp³-hybridized carbons (Fsp3) is 0.818. The Bertz CT molecular complexity index is 166. The maximum Gasteiger partial charge on any atom is -0.0315 e.